The number of hydrogen-bond acceptors (Lipinski definition) is 5. The Morgan fingerprint density at radius 2 is 2.04 bits per heavy atom. The standard InChI is InChI=1S/C18H17N3O2S/c1-12-5-7-15(8-6-12)23-10-17(22)20-14-4-2-3-13(9-14)16-11-24-18(19)21-16/h2-9,11H,10H2,1H3,(H2,19,21)(H,20,22). The summed E-state index contributed by atoms with van der Waals surface area (Å²) in [5, 5.41) is 5.23. The maximum absolute atomic E-state index is 12.0. The Labute approximate surface area is 144 Å². The number of carbonyl (C=O) groups is 1. The first-order chi connectivity index (χ1) is 11.6. The maximum atomic E-state index is 12.0. The van der Waals surface area contributed by atoms with Gasteiger partial charge in [0, 0.05) is 16.6 Å². The van der Waals surface area contributed by atoms with Gasteiger partial charge in [0.25, 0.3) is 5.91 Å². The number of ether oxygens (including phenoxy) is 1. The Morgan fingerprint density at radius 1 is 1.25 bits per heavy atom. The molecule has 3 N–H and O–H groups in total. The molecule has 5 nitrogen and oxygen atoms in total. The minimum Gasteiger partial charge on any atom is -0.484 e. The molecule has 0 fully saturated rings. The summed E-state index contributed by atoms with van der Waals surface area (Å²) in [6.07, 6.45) is 0. The van der Waals surface area contributed by atoms with Crippen LogP contribution in [0.4, 0.5) is 10.8 Å². The van der Waals surface area contributed by atoms with Gasteiger partial charge in [-0.3, -0.25) is 4.79 Å². The van der Waals surface area contributed by atoms with Crippen LogP contribution in [0.5, 0.6) is 5.75 Å². The smallest absolute Gasteiger partial charge is 0.262 e. The van der Waals surface area contributed by atoms with E-state index < -0.39 is 0 Å². The number of thiazole rings is 1. The summed E-state index contributed by atoms with van der Waals surface area (Å²) >= 11 is 1.39. The van der Waals surface area contributed by atoms with Gasteiger partial charge >= 0.3 is 0 Å². The highest BCUT2D eigenvalue weighted by atomic mass is 32.1. The normalized spacial score (nSPS) is 10.4. The van der Waals surface area contributed by atoms with E-state index in [1.54, 1.807) is 0 Å². The SMILES string of the molecule is Cc1ccc(OCC(=O)Nc2cccc(-c3csc(N)n3)c2)cc1. The Kier molecular flexibility index (Phi) is 4.77. The third kappa shape index (κ3) is 4.11. The third-order valence-electron chi connectivity index (χ3n) is 3.35. The van der Waals surface area contributed by atoms with Crippen LogP contribution < -0.4 is 15.8 Å². The first-order valence-electron chi connectivity index (χ1n) is 7.41. The highest BCUT2D eigenvalue weighted by molar-refractivity contribution is 7.13. The average molecular weight is 339 g/mol. The highest BCUT2D eigenvalue weighted by Gasteiger charge is 2.07. The van der Waals surface area contributed by atoms with Gasteiger partial charge < -0.3 is 15.8 Å². The summed E-state index contributed by atoms with van der Waals surface area (Å²) in [5.74, 6) is 0.452. The van der Waals surface area contributed by atoms with E-state index in [4.69, 9.17) is 10.5 Å². The van der Waals surface area contributed by atoms with E-state index in [1.807, 2.05) is 60.8 Å². The van der Waals surface area contributed by atoms with Crippen LogP contribution in [0.15, 0.2) is 53.9 Å². The van der Waals surface area contributed by atoms with Crippen LogP contribution in [0, 0.1) is 6.92 Å². The number of rotatable bonds is 5. The van der Waals surface area contributed by atoms with Crippen molar-refractivity contribution >= 4 is 28.1 Å². The summed E-state index contributed by atoms with van der Waals surface area (Å²) in [5.41, 5.74) is 9.19. The molecule has 2 aromatic carbocycles. The minimum absolute atomic E-state index is 0.0447. The number of hydrogen-bond donors (Lipinski definition) is 2. The average Bonchev–Trinajstić information content (AvgIpc) is 3.01. The van der Waals surface area contributed by atoms with E-state index >= 15 is 0 Å². The molecule has 24 heavy (non-hydrogen) atoms. The van der Waals surface area contributed by atoms with E-state index in [9.17, 15) is 4.79 Å². The van der Waals surface area contributed by atoms with Crippen LogP contribution in [0.1, 0.15) is 5.56 Å². The molecule has 1 amide bonds. The first kappa shape index (κ1) is 16.0. The predicted octanol–water partition coefficient (Wildman–Crippen LogP) is 3.72. The Hall–Kier alpha value is -2.86. The predicted molar refractivity (Wildman–Crippen MR) is 97.3 cm³/mol. The monoisotopic (exact) mass is 339 g/mol. The fourth-order valence-corrected chi connectivity index (χ4v) is 2.73. The summed E-state index contributed by atoms with van der Waals surface area (Å²) in [7, 11) is 0. The van der Waals surface area contributed by atoms with E-state index in [-0.39, 0.29) is 12.5 Å². The second-order valence-electron chi connectivity index (χ2n) is 5.30. The maximum Gasteiger partial charge on any atom is 0.262 e. The molecule has 0 aliphatic rings. The summed E-state index contributed by atoms with van der Waals surface area (Å²) in [6.45, 7) is 1.95. The number of nitrogen functional groups attached to an aromatic ring is 1. The Bertz CT molecular complexity index is 843. The summed E-state index contributed by atoms with van der Waals surface area (Å²) < 4.78 is 5.47. The van der Waals surface area contributed by atoms with E-state index in [0.29, 0.717) is 16.6 Å². The molecule has 0 aliphatic heterocycles. The van der Waals surface area contributed by atoms with E-state index in [2.05, 4.69) is 10.3 Å². The van der Waals surface area contributed by atoms with Gasteiger partial charge in [0.05, 0.1) is 5.69 Å². The fourth-order valence-electron chi connectivity index (χ4n) is 2.16. The van der Waals surface area contributed by atoms with Gasteiger partial charge in [-0.1, -0.05) is 29.8 Å². The second kappa shape index (κ2) is 7.14. The van der Waals surface area contributed by atoms with Gasteiger partial charge in [0.15, 0.2) is 11.7 Å². The van der Waals surface area contributed by atoms with Crippen molar-refractivity contribution in [1.82, 2.24) is 4.98 Å². The number of carbonyl (C=O) groups excluding carboxylic acids is 1. The zero-order chi connectivity index (χ0) is 16.9. The molecule has 1 heterocycles. The fraction of sp³-hybridized carbons (Fsp3) is 0.111. The van der Waals surface area contributed by atoms with Gasteiger partial charge in [0.2, 0.25) is 0 Å². The number of aryl methyl sites for hydroxylation is 1. The quantitative estimate of drug-likeness (QED) is 0.743. The van der Waals surface area contributed by atoms with Crippen molar-refractivity contribution in [1.29, 1.82) is 0 Å². The zero-order valence-electron chi connectivity index (χ0n) is 13.2. The third-order valence-corrected chi connectivity index (χ3v) is 4.03. The molecular formula is C18H17N3O2S. The van der Waals surface area contributed by atoms with Crippen molar-refractivity contribution in [2.24, 2.45) is 0 Å². The van der Waals surface area contributed by atoms with Gasteiger partial charge in [-0.25, -0.2) is 4.98 Å². The van der Waals surface area contributed by atoms with Gasteiger partial charge in [-0.2, -0.15) is 0 Å². The molecule has 3 rings (SSSR count). The lowest BCUT2D eigenvalue weighted by atomic mass is 10.1. The van der Waals surface area contributed by atoms with Crippen LogP contribution in [0.25, 0.3) is 11.3 Å². The topological polar surface area (TPSA) is 77.2 Å². The Morgan fingerprint density at radius 3 is 2.75 bits per heavy atom. The van der Waals surface area contributed by atoms with Gasteiger partial charge in [-0.05, 0) is 31.2 Å². The van der Waals surface area contributed by atoms with Crippen molar-refractivity contribution < 1.29 is 9.53 Å². The molecule has 0 spiro atoms. The van der Waals surface area contributed by atoms with Crippen molar-refractivity contribution in [2.75, 3.05) is 17.7 Å². The number of nitrogens with one attached hydrogen (secondary N) is 1. The minimum atomic E-state index is -0.217. The second-order valence-corrected chi connectivity index (χ2v) is 6.19. The molecule has 1 aromatic heterocycles. The van der Waals surface area contributed by atoms with Crippen LogP contribution >= 0.6 is 11.3 Å². The number of aromatic nitrogens is 1. The molecular weight excluding hydrogens is 322 g/mol. The first-order valence-corrected chi connectivity index (χ1v) is 8.29. The molecule has 0 saturated heterocycles. The molecule has 0 aliphatic carbocycles. The largest absolute Gasteiger partial charge is 0.484 e. The summed E-state index contributed by atoms with van der Waals surface area (Å²) in [4.78, 5) is 16.3. The molecule has 0 radical (unpaired) electrons. The van der Waals surface area contributed by atoms with Gasteiger partial charge in [-0.15, -0.1) is 11.3 Å². The molecule has 0 bridgehead atoms. The molecule has 122 valence electrons. The van der Waals surface area contributed by atoms with Gasteiger partial charge in [0.1, 0.15) is 5.75 Å². The van der Waals surface area contributed by atoms with Crippen molar-refractivity contribution in [2.45, 2.75) is 6.92 Å². The number of anilines is 2. The van der Waals surface area contributed by atoms with E-state index in [0.717, 1.165) is 16.8 Å². The molecule has 0 atom stereocenters. The van der Waals surface area contributed by atoms with Crippen molar-refractivity contribution in [3.05, 3.63) is 59.5 Å². The highest BCUT2D eigenvalue weighted by Crippen LogP contribution is 2.25. The molecule has 0 saturated carbocycles. The van der Waals surface area contributed by atoms with Crippen LogP contribution in [0.2, 0.25) is 0 Å². The summed E-state index contributed by atoms with van der Waals surface area (Å²) in [6, 6.07) is 15.0. The zero-order valence-corrected chi connectivity index (χ0v) is 14.0. The number of nitrogens with zero attached hydrogens (tertiary/aromatic N) is 1. The number of nitrogens with two attached hydrogens (primary N) is 1. The Balaban J connectivity index is 1.61. The lowest BCUT2D eigenvalue weighted by Gasteiger charge is -2.08. The van der Waals surface area contributed by atoms with Crippen LogP contribution in [-0.2, 0) is 4.79 Å². The van der Waals surface area contributed by atoms with Crippen LogP contribution in [0.3, 0.4) is 0 Å². The lowest BCUT2D eigenvalue weighted by molar-refractivity contribution is -0.118. The molecule has 3 aromatic rings. The lowest BCUT2D eigenvalue weighted by Crippen LogP contribution is -2.20. The number of amides is 1. The van der Waals surface area contributed by atoms with Crippen molar-refractivity contribution in [3.63, 3.8) is 0 Å². The van der Waals surface area contributed by atoms with E-state index in [1.165, 1.54) is 11.3 Å². The van der Waals surface area contributed by atoms with Crippen molar-refractivity contribution in [3.8, 4) is 17.0 Å². The molecule has 0 unspecified atom stereocenters. The number of benzene rings is 2. The van der Waals surface area contributed by atoms with Crippen LogP contribution in [-0.4, -0.2) is 17.5 Å². The molecule has 6 heteroatoms.